The van der Waals surface area contributed by atoms with E-state index in [9.17, 15) is 18.0 Å². The van der Waals surface area contributed by atoms with Gasteiger partial charge in [0, 0.05) is 18.5 Å². The van der Waals surface area contributed by atoms with E-state index in [1.165, 1.54) is 11.7 Å². The normalized spacial score (nSPS) is 13.5. The van der Waals surface area contributed by atoms with Crippen LogP contribution < -0.4 is 10.3 Å². The number of H-pyrrole nitrogens is 1. The van der Waals surface area contributed by atoms with E-state index in [0.717, 1.165) is 25.8 Å². The quantitative estimate of drug-likeness (QED) is 0.564. The zero-order valence-electron chi connectivity index (χ0n) is 16.5. The Hall–Kier alpha value is -3.21. The second-order valence-corrected chi connectivity index (χ2v) is 7.25. The summed E-state index contributed by atoms with van der Waals surface area (Å²) < 4.78 is 47.9. The highest BCUT2D eigenvalue weighted by Crippen LogP contribution is 2.40. The number of aromatic nitrogens is 3. The third-order valence-corrected chi connectivity index (χ3v) is 4.80. The van der Waals surface area contributed by atoms with Crippen molar-refractivity contribution in [1.82, 2.24) is 14.5 Å². The molecule has 4 rings (SSSR count). The molecule has 1 aromatic carbocycles. The number of hydrogen-bond acceptors (Lipinski definition) is 5. The number of aliphatic carboxylic acids is 1. The number of fused-ring (bicyclic) bond motifs is 1. The van der Waals surface area contributed by atoms with Crippen molar-refractivity contribution in [2.75, 3.05) is 7.11 Å². The predicted molar refractivity (Wildman–Crippen MR) is 110 cm³/mol. The highest BCUT2D eigenvalue weighted by Gasteiger charge is 2.37. The van der Waals surface area contributed by atoms with Gasteiger partial charge in [0.1, 0.15) is 11.4 Å². The van der Waals surface area contributed by atoms with E-state index in [4.69, 9.17) is 26.9 Å². The summed E-state index contributed by atoms with van der Waals surface area (Å²) in [6, 6.07) is 7.38. The molecule has 0 atom stereocenters. The van der Waals surface area contributed by atoms with Gasteiger partial charge in [0.25, 0.3) is 11.5 Å². The van der Waals surface area contributed by atoms with E-state index in [0.29, 0.717) is 11.3 Å². The Morgan fingerprint density at radius 1 is 1.29 bits per heavy atom. The molecule has 3 aromatic rings. The standard InChI is InChI=1S/C18H14F3N3O2S.C2H4O2/c1-26-11-6-2-9(3-7-11)13-8-12(18(19,20)21)14-15(22-13)24(10-4-5-10)17(27)23-16(14)25;1-2(3)4/h2-3,6-8,10H,4-5H2,1H3,(H,23,25,27);1H3,(H,3,4). The topological polar surface area (TPSA) is 97.2 Å². The van der Waals surface area contributed by atoms with Crippen LogP contribution in [-0.4, -0.2) is 32.7 Å². The number of ether oxygens (including phenoxy) is 1. The SMILES string of the molecule is CC(=O)O.COc1ccc(-c2cc(C(F)(F)F)c3c(=O)[nH]c(=S)n(C4CC4)c3n2)cc1. The summed E-state index contributed by atoms with van der Waals surface area (Å²) in [4.78, 5) is 28.1. The molecule has 2 N–H and O–H groups in total. The van der Waals surface area contributed by atoms with Gasteiger partial charge in [-0.15, -0.1) is 0 Å². The van der Waals surface area contributed by atoms with Gasteiger partial charge in [-0.3, -0.25) is 19.1 Å². The minimum atomic E-state index is -4.71. The van der Waals surface area contributed by atoms with Crippen molar-refractivity contribution >= 4 is 29.2 Å². The van der Waals surface area contributed by atoms with Crippen LogP contribution >= 0.6 is 12.2 Å². The Morgan fingerprint density at radius 3 is 2.35 bits per heavy atom. The zero-order valence-corrected chi connectivity index (χ0v) is 17.3. The number of halogens is 3. The summed E-state index contributed by atoms with van der Waals surface area (Å²) in [5, 5.41) is 6.93. The van der Waals surface area contributed by atoms with Crippen LogP contribution in [0.4, 0.5) is 13.2 Å². The lowest BCUT2D eigenvalue weighted by molar-refractivity contribution is -0.136. The molecule has 0 bridgehead atoms. The van der Waals surface area contributed by atoms with Gasteiger partial charge < -0.3 is 9.84 Å². The van der Waals surface area contributed by atoms with Crippen molar-refractivity contribution in [3.8, 4) is 17.0 Å². The van der Waals surface area contributed by atoms with E-state index in [1.807, 2.05) is 0 Å². The van der Waals surface area contributed by atoms with Crippen LogP contribution in [0.5, 0.6) is 5.75 Å². The van der Waals surface area contributed by atoms with Crippen LogP contribution in [0.15, 0.2) is 35.1 Å². The third-order valence-electron chi connectivity index (χ3n) is 4.50. The number of nitrogens with zero attached hydrogens (tertiary/aromatic N) is 2. The van der Waals surface area contributed by atoms with Crippen LogP contribution in [0.3, 0.4) is 0 Å². The second-order valence-electron chi connectivity index (χ2n) is 6.86. The summed E-state index contributed by atoms with van der Waals surface area (Å²) in [6.07, 6.45) is -3.14. The molecule has 0 amide bonds. The minimum Gasteiger partial charge on any atom is -0.497 e. The lowest BCUT2D eigenvalue weighted by Crippen LogP contribution is -2.20. The molecule has 0 saturated heterocycles. The van der Waals surface area contributed by atoms with Crippen molar-refractivity contribution in [3.05, 3.63) is 51.0 Å². The molecule has 2 heterocycles. The van der Waals surface area contributed by atoms with Gasteiger partial charge in [0.2, 0.25) is 0 Å². The number of aromatic amines is 1. The molecule has 7 nitrogen and oxygen atoms in total. The Kier molecular flexibility index (Phi) is 6.16. The number of nitrogens with one attached hydrogen (secondary N) is 1. The van der Waals surface area contributed by atoms with Crippen molar-refractivity contribution in [1.29, 1.82) is 0 Å². The smallest absolute Gasteiger partial charge is 0.417 e. The van der Waals surface area contributed by atoms with Crippen LogP contribution in [-0.2, 0) is 11.0 Å². The summed E-state index contributed by atoms with van der Waals surface area (Å²) in [6.45, 7) is 1.08. The maximum Gasteiger partial charge on any atom is 0.417 e. The largest absolute Gasteiger partial charge is 0.497 e. The summed E-state index contributed by atoms with van der Waals surface area (Å²) in [5.41, 5.74) is -1.34. The number of rotatable bonds is 3. The van der Waals surface area contributed by atoms with Gasteiger partial charge in [0.15, 0.2) is 4.77 Å². The average Bonchev–Trinajstić information content (AvgIpc) is 3.51. The van der Waals surface area contributed by atoms with Gasteiger partial charge >= 0.3 is 6.18 Å². The van der Waals surface area contributed by atoms with Crippen LogP contribution in [0, 0.1) is 4.77 Å². The highest BCUT2D eigenvalue weighted by atomic mass is 32.1. The van der Waals surface area contributed by atoms with Gasteiger partial charge in [0.05, 0.1) is 23.8 Å². The Balaban J connectivity index is 0.000000628. The predicted octanol–water partition coefficient (Wildman–Crippen LogP) is 4.57. The summed E-state index contributed by atoms with van der Waals surface area (Å²) in [7, 11) is 1.50. The molecule has 0 spiro atoms. The molecule has 0 radical (unpaired) electrons. The van der Waals surface area contributed by atoms with Gasteiger partial charge in [-0.2, -0.15) is 13.2 Å². The number of pyridine rings is 1. The molecular formula is C20H18F3N3O4S. The maximum atomic E-state index is 13.7. The number of benzene rings is 1. The van der Waals surface area contributed by atoms with Crippen LogP contribution in [0.1, 0.15) is 31.4 Å². The zero-order chi connectivity index (χ0) is 22.9. The fraction of sp³-hybridized carbons (Fsp3) is 0.300. The fourth-order valence-electron chi connectivity index (χ4n) is 3.05. The molecule has 0 aliphatic heterocycles. The van der Waals surface area contributed by atoms with Crippen LogP contribution in [0.25, 0.3) is 22.3 Å². The van der Waals surface area contributed by atoms with Crippen molar-refractivity contribution < 1.29 is 27.8 Å². The first-order chi connectivity index (χ1) is 14.5. The first kappa shape index (κ1) is 22.5. The van der Waals surface area contributed by atoms with Crippen molar-refractivity contribution in [2.45, 2.75) is 32.0 Å². The lowest BCUT2D eigenvalue weighted by atomic mass is 10.1. The molecule has 0 unspecified atom stereocenters. The summed E-state index contributed by atoms with van der Waals surface area (Å²) >= 11 is 5.18. The minimum absolute atomic E-state index is 0.0353. The van der Waals surface area contributed by atoms with Gasteiger partial charge in [-0.05, 0) is 55.4 Å². The molecule has 1 saturated carbocycles. The van der Waals surface area contributed by atoms with E-state index in [-0.39, 0.29) is 22.2 Å². The number of carboxylic acids is 1. The van der Waals surface area contributed by atoms with E-state index >= 15 is 0 Å². The lowest BCUT2D eigenvalue weighted by Gasteiger charge is -2.16. The number of carbonyl (C=O) groups is 1. The van der Waals surface area contributed by atoms with E-state index in [2.05, 4.69) is 9.97 Å². The van der Waals surface area contributed by atoms with Crippen LogP contribution in [0.2, 0.25) is 0 Å². The molecule has 1 fully saturated rings. The van der Waals surface area contributed by atoms with E-state index in [1.54, 1.807) is 24.3 Å². The first-order valence-electron chi connectivity index (χ1n) is 9.13. The van der Waals surface area contributed by atoms with Gasteiger partial charge in [-0.25, -0.2) is 4.98 Å². The molecule has 1 aliphatic carbocycles. The number of carboxylic acid groups (broad SMARTS) is 1. The molecule has 11 heteroatoms. The number of alkyl halides is 3. The maximum absolute atomic E-state index is 13.7. The number of methoxy groups -OCH3 is 1. The first-order valence-corrected chi connectivity index (χ1v) is 9.54. The molecule has 31 heavy (non-hydrogen) atoms. The molecular weight excluding hydrogens is 435 g/mol. The third kappa shape index (κ3) is 4.93. The average molecular weight is 453 g/mol. The Labute approximate surface area is 179 Å². The molecule has 1 aliphatic rings. The highest BCUT2D eigenvalue weighted by molar-refractivity contribution is 7.71. The number of hydrogen-bond donors (Lipinski definition) is 2. The molecule has 164 valence electrons. The Morgan fingerprint density at radius 2 is 1.87 bits per heavy atom. The monoisotopic (exact) mass is 453 g/mol. The summed E-state index contributed by atoms with van der Waals surface area (Å²) in [5.74, 6) is -0.257. The van der Waals surface area contributed by atoms with Crippen molar-refractivity contribution in [2.24, 2.45) is 0 Å². The van der Waals surface area contributed by atoms with Crippen molar-refractivity contribution in [3.63, 3.8) is 0 Å². The Bertz CT molecular complexity index is 1240. The van der Waals surface area contributed by atoms with Gasteiger partial charge in [-0.1, -0.05) is 0 Å². The molecule has 2 aromatic heterocycles. The second kappa shape index (κ2) is 8.50. The van der Waals surface area contributed by atoms with E-state index < -0.39 is 28.7 Å². The fourth-order valence-corrected chi connectivity index (χ4v) is 3.38.